The molecule has 0 radical (unpaired) electrons. The van der Waals surface area contributed by atoms with E-state index in [9.17, 15) is 12.8 Å². The standard InChI is InChI=1S/C16H21FN4O4S/c1-11-15(10-20-5-7-21(8-6-20)26(18,22)23)19-16(25-11)13-4-3-12(24-2)9-14(13)17/h3-4,9H,5-8,10H2,1-2H3,(H2,18,22,23). The van der Waals surface area contributed by atoms with E-state index in [2.05, 4.69) is 9.88 Å². The molecule has 1 aromatic heterocycles. The molecule has 8 nitrogen and oxygen atoms in total. The topological polar surface area (TPSA) is 102 Å². The van der Waals surface area contributed by atoms with Gasteiger partial charge >= 0.3 is 0 Å². The Morgan fingerprint density at radius 3 is 2.58 bits per heavy atom. The number of oxazole rings is 1. The largest absolute Gasteiger partial charge is 0.497 e. The lowest BCUT2D eigenvalue weighted by Crippen LogP contribution is -2.50. The molecule has 1 fully saturated rings. The third-order valence-electron chi connectivity index (χ3n) is 4.36. The summed E-state index contributed by atoms with van der Waals surface area (Å²) in [6, 6.07) is 4.49. The van der Waals surface area contributed by atoms with Gasteiger partial charge in [-0.25, -0.2) is 14.5 Å². The maximum absolute atomic E-state index is 14.2. The second-order valence-electron chi connectivity index (χ2n) is 6.09. The van der Waals surface area contributed by atoms with Crippen LogP contribution in [0.3, 0.4) is 0 Å². The fourth-order valence-corrected chi connectivity index (χ4v) is 3.51. The number of nitrogens with two attached hydrogens (primary N) is 1. The second-order valence-corrected chi connectivity index (χ2v) is 7.63. The van der Waals surface area contributed by atoms with Gasteiger partial charge in [0.05, 0.1) is 18.4 Å². The van der Waals surface area contributed by atoms with Crippen LogP contribution in [0.15, 0.2) is 22.6 Å². The van der Waals surface area contributed by atoms with Crippen molar-refractivity contribution >= 4 is 10.2 Å². The van der Waals surface area contributed by atoms with Gasteiger partial charge in [0.25, 0.3) is 10.2 Å². The molecule has 1 aliphatic heterocycles. The quantitative estimate of drug-likeness (QED) is 0.829. The molecule has 0 unspecified atom stereocenters. The summed E-state index contributed by atoms with van der Waals surface area (Å²) >= 11 is 0. The van der Waals surface area contributed by atoms with Crippen LogP contribution in [0.2, 0.25) is 0 Å². The number of aryl methyl sites for hydroxylation is 1. The molecule has 2 N–H and O–H groups in total. The van der Waals surface area contributed by atoms with E-state index in [1.807, 2.05) is 0 Å². The van der Waals surface area contributed by atoms with E-state index >= 15 is 0 Å². The Bertz CT molecular complexity index is 892. The van der Waals surface area contributed by atoms with Crippen LogP contribution in [0, 0.1) is 12.7 Å². The van der Waals surface area contributed by atoms with E-state index in [1.165, 1.54) is 17.5 Å². The minimum atomic E-state index is -3.65. The van der Waals surface area contributed by atoms with Crippen LogP contribution < -0.4 is 9.88 Å². The molecule has 142 valence electrons. The highest BCUT2D eigenvalue weighted by Gasteiger charge is 2.25. The molecule has 0 saturated carbocycles. The average molecular weight is 384 g/mol. The second kappa shape index (κ2) is 7.31. The van der Waals surface area contributed by atoms with E-state index in [0.29, 0.717) is 49.9 Å². The van der Waals surface area contributed by atoms with E-state index in [0.717, 1.165) is 0 Å². The zero-order valence-corrected chi connectivity index (χ0v) is 15.4. The maximum Gasteiger partial charge on any atom is 0.276 e. The fraction of sp³-hybridized carbons (Fsp3) is 0.438. The van der Waals surface area contributed by atoms with Crippen LogP contribution in [0.25, 0.3) is 11.5 Å². The summed E-state index contributed by atoms with van der Waals surface area (Å²) in [7, 11) is -2.18. The van der Waals surface area contributed by atoms with Crippen LogP contribution in [0.4, 0.5) is 4.39 Å². The van der Waals surface area contributed by atoms with Crippen molar-refractivity contribution in [3.63, 3.8) is 0 Å². The number of hydrogen-bond acceptors (Lipinski definition) is 6. The average Bonchev–Trinajstić information content (AvgIpc) is 2.94. The Morgan fingerprint density at radius 1 is 1.31 bits per heavy atom. The molecule has 1 aromatic carbocycles. The summed E-state index contributed by atoms with van der Waals surface area (Å²) in [5.41, 5.74) is 0.957. The zero-order valence-electron chi connectivity index (χ0n) is 14.6. The number of ether oxygens (including phenoxy) is 1. The number of benzene rings is 1. The fourth-order valence-electron chi connectivity index (χ4n) is 2.84. The Hall–Kier alpha value is -2.01. The number of halogens is 1. The molecule has 10 heteroatoms. The van der Waals surface area contributed by atoms with E-state index in [4.69, 9.17) is 14.3 Å². The highest BCUT2D eigenvalue weighted by Crippen LogP contribution is 2.27. The predicted molar refractivity (Wildman–Crippen MR) is 93.1 cm³/mol. The smallest absolute Gasteiger partial charge is 0.276 e. The number of rotatable bonds is 5. The lowest BCUT2D eigenvalue weighted by atomic mass is 10.2. The minimum absolute atomic E-state index is 0.209. The Balaban J connectivity index is 1.72. The van der Waals surface area contributed by atoms with Gasteiger partial charge in [0.15, 0.2) is 0 Å². The number of methoxy groups -OCH3 is 1. The molecule has 0 amide bonds. The first-order valence-electron chi connectivity index (χ1n) is 8.08. The van der Waals surface area contributed by atoms with Crippen molar-refractivity contribution in [3.8, 4) is 17.2 Å². The van der Waals surface area contributed by atoms with Gasteiger partial charge in [0, 0.05) is 38.8 Å². The summed E-state index contributed by atoms with van der Waals surface area (Å²) < 4.78 is 48.8. The monoisotopic (exact) mass is 384 g/mol. The predicted octanol–water partition coefficient (Wildman–Crippen LogP) is 1.12. The van der Waals surface area contributed by atoms with Gasteiger partial charge in [-0.1, -0.05) is 0 Å². The molecule has 26 heavy (non-hydrogen) atoms. The first kappa shape index (κ1) is 18.8. The molecular weight excluding hydrogens is 363 g/mol. The van der Waals surface area contributed by atoms with Gasteiger partial charge in [-0.2, -0.15) is 12.7 Å². The Kier molecular flexibility index (Phi) is 5.28. The normalized spacial score (nSPS) is 16.8. The highest BCUT2D eigenvalue weighted by atomic mass is 32.2. The molecule has 3 rings (SSSR count). The minimum Gasteiger partial charge on any atom is -0.497 e. The van der Waals surface area contributed by atoms with Gasteiger partial charge in [0.1, 0.15) is 17.3 Å². The molecule has 2 aromatic rings. The van der Waals surface area contributed by atoms with Crippen molar-refractivity contribution < 1.29 is 22.0 Å². The van der Waals surface area contributed by atoms with Crippen molar-refractivity contribution in [2.45, 2.75) is 13.5 Å². The summed E-state index contributed by atoms with van der Waals surface area (Å²) in [5, 5.41) is 5.14. The third kappa shape index (κ3) is 4.04. The van der Waals surface area contributed by atoms with Crippen molar-refractivity contribution in [2.75, 3.05) is 33.3 Å². The third-order valence-corrected chi connectivity index (χ3v) is 5.45. The van der Waals surface area contributed by atoms with E-state index in [-0.39, 0.29) is 11.5 Å². The van der Waals surface area contributed by atoms with Crippen LogP contribution >= 0.6 is 0 Å². The Labute approximate surface area is 151 Å². The summed E-state index contributed by atoms with van der Waals surface area (Å²) in [5.74, 6) is 0.756. The molecule has 0 atom stereocenters. The highest BCUT2D eigenvalue weighted by molar-refractivity contribution is 7.86. The number of aromatic nitrogens is 1. The van der Waals surface area contributed by atoms with Gasteiger partial charge in [0.2, 0.25) is 5.89 Å². The van der Waals surface area contributed by atoms with Gasteiger partial charge in [-0.3, -0.25) is 4.90 Å². The lowest BCUT2D eigenvalue weighted by molar-refractivity contribution is 0.179. The summed E-state index contributed by atoms with van der Waals surface area (Å²) in [4.78, 5) is 6.47. The molecule has 0 spiro atoms. The molecular formula is C16H21FN4O4S. The molecule has 1 saturated heterocycles. The first-order valence-corrected chi connectivity index (χ1v) is 9.58. The SMILES string of the molecule is COc1ccc(-c2nc(CN3CCN(S(N)(=O)=O)CC3)c(C)o2)c(F)c1. The number of piperazine rings is 1. The van der Waals surface area contributed by atoms with Gasteiger partial charge in [-0.15, -0.1) is 0 Å². The maximum atomic E-state index is 14.2. The number of nitrogens with zero attached hydrogens (tertiary/aromatic N) is 3. The van der Waals surface area contributed by atoms with Crippen molar-refractivity contribution in [1.82, 2.24) is 14.2 Å². The van der Waals surface area contributed by atoms with E-state index in [1.54, 1.807) is 19.1 Å². The van der Waals surface area contributed by atoms with Crippen LogP contribution in [-0.4, -0.2) is 55.9 Å². The molecule has 0 aliphatic carbocycles. The molecule has 1 aliphatic rings. The number of hydrogen-bond donors (Lipinski definition) is 1. The van der Waals surface area contributed by atoms with Crippen LogP contribution in [-0.2, 0) is 16.8 Å². The van der Waals surface area contributed by atoms with Crippen LogP contribution in [0.1, 0.15) is 11.5 Å². The summed E-state index contributed by atoms with van der Waals surface area (Å²) in [6.07, 6.45) is 0. The Morgan fingerprint density at radius 2 is 2.00 bits per heavy atom. The first-order chi connectivity index (χ1) is 12.3. The zero-order chi connectivity index (χ0) is 18.9. The lowest BCUT2D eigenvalue weighted by Gasteiger charge is -2.32. The molecule has 2 heterocycles. The van der Waals surface area contributed by atoms with Crippen molar-refractivity contribution in [3.05, 3.63) is 35.5 Å². The van der Waals surface area contributed by atoms with Gasteiger partial charge in [-0.05, 0) is 19.1 Å². The summed E-state index contributed by atoms with van der Waals surface area (Å²) in [6.45, 7) is 3.99. The van der Waals surface area contributed by atoms with Crippen molar-refractivity contribution in [2.24, 2.45) is 5.14 Å². The van der Waals surface area contributed by atoms with Crippen LogP contribution in [0.5, 0.6) is 5.75 Å². The molecule has 0 bridgehead atoms. The van der Waals surface area contributed by atoms with Gasteiger partial charge < -0.3 is 9.15 Å². The van der Waals surface area contributed by atoms with E-state index < -0.39 is 16.0 Å². The van der Waals surface area contributed by atoms with Crippen molar-refractivity contribution in [1.29, 1.82) is 0 Å².